The molecule has 1 saturated heterocycles. The van der Waals surface area contributed by atoms with Crippen molar-refractivity contribution in [2.24, 2.45) is 5.41 Å². The molecule has 0 amide bonds. The molecule has 118 valence electrons. The van der Waals surface area contributed by atoms with Crippen molar-refractivity contribution in [3.8, 4) is 0 Å². The molecule has 0 aromatic carbocycles. The fourth-order valence-electron chi connectivity index (χ4n) is 3.20. The number of nitrogens with one attached hydrogen (secondary N) is 1. The summed E-state index contributed by atoms with van der Waals surface area (Å²) in [5.41, 5.74) is 0.406. The van der Waals surface area contributed by atoms with Crippen molar-refractivity contribution in [2.45, 2.75) is 45.1 Å². The molecule has 0 unspecified atom stereocenters. The number of rotatable bonds is 10. The van der Waals surface area contributed by atoms with Gasteiger partial charge in [-0.1, -0.05) is 6.92 Å². The van der Waals surface area contributed by atoms with Crippen molar-refractivity contribution >= 4 is 0 Å². The minimum atomic E-state index is 0.406. The summed E-state index contributed by atoms with van der Waals surface area (Å²) in [5, 5.41) is 3.65. The van der Waals surface area contributed by atoms with Crippen molar-refractivity contribution in [1.82, 2.24) is 10.2 Å². The second-order valence-corrected chi connectivity index (χ2v) is 6.48. The lowest BCUT2D eigenvalue weighted by Gasteiger charge is -2.41. The van der Waals surface area contributed by atoms with Gasteiger partial charge in [-0.25, -0.2) is 0 Å². The summed E-state index contributed by atoms with van der Waals surface area (Å²) in [6.07, 6.45) is 6.35. The van der Waals surface area contributed by atoms with Gasteiger partial charge in [0.25, 0.3) is 0 Å². The van der Waals surface area contributed by atoms with Crippen LogP contribution in [0.15, 0.2) is 0 Å². The lowest BCUT2D eigenvalue weighted by atomic mass is 9.79. The van der Waals surface area contributed by atoms with E-state index >= 15 is 0 Å². The highest BCUT2D eigenvalue weighted by Gasteiger charge is 2.38. The van der Waals surface area contributed by atoms with Crippen LogP contribution in [0.2, 0.25) is 0 Å². The van der Waals surface area contributed by atoms with E-state index in [0.717, 1.165) is 45.5 Å². The van der Waals surface area contributed by atoms with Crippen LogP contribution in [0.1, 0.15) is 39.0 Å². The molecular formula is C16H32N2O2. The smallest absolute Gasteiger partial charge is 0.0589 e. The topological polar surface area (TPSA) is 33.7 Å². The summed E-state index contributed by atoms with van der Waals surface area (Å²) in [6.45, 7) is 9.50. The highest BCUT2D eigenvalue weighted by Crippen LogP contribution is 2.35. The first-order chi connectivity index (χ1) is 9.79. The van der Waals surface area contributed by atoms with Gasteiger partial charge >= 0.3 is 0 Å². The SMILES string of the molecule is CCCNCC1(CN(CCOC)C2CC2)CCOCC1. The average molecular weight is 284 g/mol. The van der Waals surface area contributed by atoms with Crippen molar-refractivity contribution in [3.63, 3.8) is 0 Å². The van der Waals surface area contributed by atoms with Gasteiger partial charge < -0.3 is 14.8 Å². The van der Waals surface area contributed by atoms with Gasteiger partial charge in [0.15, 0.2) is 0 Å². The molecule has 0 radical (unpaired) electrons. The average Bonchev–Trinajstić information content (AvgIpc) is 3.29. The maximum Gasteiger partial charge on any atom is 0.0589 e. The molecule has 1 aliphatic carbocycles. The Labute approximate surface area is 124 Å². The second kappa shape index (κ2) is 8.32. The highest BCUT2D eigenvalue weighted by molar-refractivity contribution is 4.92. The van der Waals surface area contributed by atoms with E-state index in [4.69, 9.17) is 9.47 Å². The third-order valence-electron chi connectivity index (χ3n) is 4.66. The van der Waals surface area contributed by atoms with E-state index in [1.807, 2.05) is 0 Å². The van der Waals surface area contributed by atoms with E-state index in [1.54, 1.807) is 7.11 Å². The predicted octanol–water partition coefficient (Wildman–Crippen LogP) is 1.89. The Hall–Kier alpha value is -0.160. The zero-order chi connectivity index (χ0) is 14.3. The number of hydrogen-bond donors (Lipinski definition) is 1. The molecule has 4 nitrogen and oxygen atoms in total. The zero-order valence-corrected chi connectivity index (χ0v) is 13.3. The Morgan fingerprint density at radius 1 is 1.30 bits per heavy atom. The van der Waals surface area contributed by atoms with Crippen molar-refractivity contribution in [3.05, 3.63) is 0 Å². The zero-order valence-electron chi connectivity index (χ0n) is 13.3. The maximum absolute atomic E-state index is 5.60. The monoisotopic (exact) mass is 284 g/mol. The van der Waals surface area contributed by atoms with Gasteiger partial charge in [-0.2, -0.15) is 0 Å². The van der Waals surface area contributed by atoms with Crippen LogP contribution in [0.4, 0.5) is 0 Å². The molecule has 1 heterocycles. The van der Waals surface area contributed by atoms with Gasteiger partial charge in [0.05, 0.1) is 6.61 Å². The van der Waals surface area contributed by atoms with Crippen LogP contribution in [-0.4, -0.2) is 64.1 Å². The lowest BCUT2D eigenvalue weighted by molar-refractivity contribution is -0.00919. The van der Waals surface area contributed by atoms with Crippen LogP contribution < -0.4 is 5.32 Å². The Balaban J connectivity index is 1.89. The summed E-state index contributed by atoms with van der Waals surface area (Å²) in [7, 11) is 1.80. The quantitative estimate of drug-likeness (QED) is 0.621. The minimum absolute atomic E-state index is 0.406. The molecule has 2 fully saturated rings. The highest BCUT2D eigenvalue weighted by atomic mass is 16.5. The predicted molar refractivity (Wildman–Crippen MR) is 82.1 cm³/mol. The molecule has 20 heavy (non-hydrogen) atoms. The molecular weight excluding hydrogens is 252 g/mol. The molecule has 1 aliphatic heterocycles. The number of nitrogens with zero attached hydrogens (tertiary/aromatic N) is 1. The van der Waals surface area contributed by atoms with Crippen LogP contribution >= 0.6 is 0 Å². The van der Waals surface area contributed by atoms with Gasteiger partial charge in [-0.15, -0.1) is 0 Å². The van der Waals surface area contributed by atoms with E-state index in [0.29, 0.717) is 5.41 Å². The molecule has 1 N–H and O–H groups in total. The normalized spacial score (nSPS) is 22.4. The summed E-state index contributed by atoms with van der Waals surface area (Å²) in [6, 6.07) is 0.816. The first-order valence-electron chi connectivity index (χ1n) is 8.31. The number of methoxy groups -OCH3 is 1. The molecule has 0 bridgehead atoms. The molecule has 0 atom stereocenters. The number of hydrogen-bond acceptors (Lipinski definition) is 4. The summed E-state index contributed by atoms with van der Waals surface area (Å²) in [5.74, 6) is 0. The molecule has 2 rings (SSSR count). The molecule has 1 saturated carbocycles. The lowest BCUT2D eigenvalue weighted by Crippen LogP contribution is -2.48. The van der Waals surface area contributed by atoms with Gasteiger partial charge in [-0.3, -0.25) is 4.90 Å². The summed E-state index contributed by atoms with van der Waals surface area (Å²) < 4.78 is 10.9. The first kappa shape index (κ1) is 16.2. The van der Waals surface area contributed by atoms with E-state index in [1.165, 1.54) is 38.6 Å². The fourth-order valence-corrected chi connectivity index (χ4v) is 3.20. The largest absolute Gasteiger partial charge is 0.383 e. The fraction of sp³-hybridized carbons (Fsp3) is 1.00. The first-order valence-corrected chi connectivity index (χ1v) is 8.31. The Morgan fingerprint density at radius 2 is 2.05 bits per heavy atom. The van der Waals surface area contributed by atoms with Crippen LogP contribution in [0.25, 0.3) is 0 Å². The van der Waals surface area contributed by atoms with Gasteiger partial charge in [0, 0.05) is 46.0 Å². The van der Waals surface area contributed by atoms with E-state index in [-0.39, 0.29) is 0 Å². The third-order valence-corrected chi connectivity index (χ3v) is 4.66. The van der Waals surface area contributed by atoms with Crippen molar-refractivity contribution < 1.29 is 9.47 Å². The summed E-state index contributed by atoms with van der Waals surface area (Å²) >= 11 is 0. The van der Waals surface area contributed by atoms with Crippen molar-refractivity contribution in [1.29, 1.82) is 0 Å². The molecule has 0 aromatic heterocycles. The summed E-state index contributed by atoms with van der Waals surface area (Å²) in [4.78, 5) is 2.67. The molecule has 2 aliphatic rings. The Bertz CT molecular complexity index is 263. The third kappa shape index (κ3) is 4.99. The van der Waals surface area contributed by atoms with E-state index in [9.17, 15) is 0 Å². The molecule has 4 heteroatoms. The van der Waals surface area contributed by atoms with Crippen LogP contribution in [0.5, 0.6) is 0 Å². The van der Waals surface area contributed by atoms with Crippen LogP contribution in [0.3, 0.4) is 0 Å². The van der Waals surface area contributed by atoms with E-state index < -0.39 is 0 Å². The van der Waals surface area contributed by atoms with Gasteiger partial charge in [0.1, 0.15) is 0 Å². The maximum atomic E-state index is 5.60. The second-order valence-electron chi connectivity index (χ2n) is 6.48. The van der Waals surface area contributed by atoms with E-state index in [2.05, 4.69) is 17.1 Å². The molecule has 0 aromatic rings. The Morgan fingerprint density at radius 3 is 2.65 bits per heavy atom. The molecule has 0 spiro atoms. The van der Waals surface area contributed by atoms with Crippen molar-refractivity contribution in [2.75, 3.05) is 53.1 Å². The standard InChI is InChI=1S/C16H32N2O2/c1-3-8-17-13-16(6-10-20-11-7-16)14-18(9-12-19-2)15-4-5-15/h15,17H,3-14H2,1-2H3. The van der Waals surface area contributed by atoms with Crippen LogP contribution in [0, 0.1) is 5.41 Å². The van der Waals surface area contributed by atoms with Gasteiger partial charge in [-0.05, 0) is 44.1 Å². The number of ether oxygens (including phenoxy) is 2. The minimum Gasteiger partial charge on any atom is -0.383 e. The van der Waals surface area contributed by atoms with Gasteiger partial charge in [0.2, 0.25) is 0 Å². The Kier molecular flexibility index (Phi) is 6.75. The van der Waals surface area contributed by atoms with Crippen LogP contribution in [-0.2, 0) is 9.47 Å².